The van der Waals surface area contributed by atoms with Gasteiger partial charge in [0, 0.05) is 11.8 Å². The largest absolute Gasteiger partial charge is 0.481 e. The van der Waals surface area contributed by atoms with Gasteiger partial charge in [0.1, 0.15) is 6.04 Å². The number of amides is 2. The number of hydrogen-bond donors (Lipinski definition) is 1. The number of hydrogen-bond acceptors (Lipinski definition) is 7. The molecule has 8 nitrogen and oxygen atoms in total. The Balaban J connectivity index is 1.39. The number of carbonyl (C=O) groups is 2. The van der Waals surface area contributed by atoms with Crippen molar-refractivity contribution in [3.63, 3.8) is 0 Å². The number of benzene rings is 4. The molecule has 52 heavy (non-hydrogen) atoms. The highest BCUT2D eigenvalue weighted by Gasteiger charge is 2.51. The molecule has 268 valence electrons. The van der Waals surface area contributed by atoms with Gasteiger partial charge in [0.15, 0.2) is 6.10 Å². The zero-order valence-electron chi connectivity index (χ0n) is 30.4. The van der Waals surface area contributed by atoms with Crippen molar-refractivity contribution in [1.29, 1.82) is 0 Å². The summed E-state index contributed by atoms with van der Waals surface area (Å²) < 4.78 is 19.0. The maximum atomic E-state index is 14.4. The molecule has 1 aliphatic rings. The second kappa shape index (κ2) is 15.3. The van der Waals surface area contributed by atoms with Crippen LogP contribution >= 0.6 is 0 Å². The van der Waals surface area contributed by atoms with Crippen LogP contribution in [0, 0.1) is 0 Å². The van der Waals surface area contributed by atoms with Gasteiger partial charge in [0.05, 0.1) is 25.7 Å². The lowest BCUT2D eigenvalue weighted by Gasteiger charge is -2.43. The van der Waals surface area contributed by atoms with E-state index in [0.717, 1.165) is 26.4 Å². The molecular formula is C43H46N2O6Si. The fourth-order valence-electron chi connectivity index (χ4n) is 7.52. The van der Waals surface area contributed by atoms with Gasteiger partial charge in [-0.05, 0) is 44.6 Å². The summed E-state index contributed by atoms with van der Waals surface area (Å²) in [4.78, 5) is 33.7. The summed E-state index contributed by atoms with van der Waals surface area (Å²) in [5.74, 6) is -0.266. The van der Waals surface area contributed by atoms with Crippen molar-refractivity contribution in [1.82, 2.24) is 9.88 Å². The minimum atomic E-state index is -3.01. The first-order valence-corrected chi connectivity index (χ1v) is 19.6. The molecule has 1 fully saturated rings. The van der Waals surface area contributed by atoms with Crippen LogP contribution in [0.5, 0.6) is 5.88 Å². The molecule has 0 aliphatic carbocycles. The fraction of sp³-hybridized carbons (Fsp3) is 0.279. The number of aromatic nitrogens is 1. The van der Waals surface area contributed by atoms with Crippen LogP contribution in [0.2, 0.25) is 5.04 Å². The second-order valence-electron chi connectivity index (χ2n) is 14.2. The Morgan fingerprint density at radius 1 is 0.827 bits per heavy atom. The summed E-state index contributed by atoms with van der Waals surface area (Å²) in [5, 5.41) is 14.4. The maximum Gasteiger partial charge on any atom is 0.417 e. The molecule has 0 unspecified atom stereocenters. The minimum absolute atomic E-state index is 0.0601. The van der Waals surface area contributed by atoms with Crippen LogP contribution in [0.3, 0.4) is 0 Å². The van der Waals surface area contributed by atoms with E-state index >= 15 is 0 Å². The van der Waals surface area contributed by atoms with Crippen molar-refractivity contribution in [2.75, 3.05) is 7.11 Å². The van der Waals surface area contributed by atoms with E-state index in [-0.39, 0.29) is 24.5 Å². The quantitative estimate of drug-likeness (QED) is 0.133. The van der Waals surface area contributed by atoms with E-state index in [4.69, 9.17) is 13.9 Å². The number of nitrogens with zero attached hydrogens (tertiary/aromatic N) is 2. The van der Waals surface area contributed by atoms with Crippen molar-refractivity contribution in [2.24, 2.45) is 0 Å². The number of carbonyl (C=O) groups excluding carboxylic acids is 2. The van der Waals surface area contributed by atoms with Crippen LogP contribution in [0.15, 0.2) is 134 Å². The van der Waals surface area contributed by atoms with Crippen LogP contribution < -0.4 is 15.1 Å². The van der Waals surface area contributed by atoms with Crippen molar-refractivity contribution >= 4 is 30.7 Å². The van der Waals surface area contributed by atoms with E-state index in [9.17, 15) is 14.7 Å². The van der Waals surface area contributed by atoms with E-state index in [1.165, 1.54) is 7.11 Å². The van der Waals surface area contributed by atoms with Gasteiger partial charge in [-0.1, -0.05) is 149 Å². The van der Waals surface area contributed by atoms with Gasteiger partial charge in [-0.3, -0.25) is 4.79 Å². The normalized spacial score (nSPS) is 17.3. The molecule has 9 heteroatoms. The van der Waals surface area contributed by atoms with Crippen LogP contribution in [0.25, 0.3) is 0 Å². The highest BCUT2D eigenvalue weighted by molar-refractivity contribution is 6.99. The Bertz CT molecular complexity index is 1930. The molecule has 2 heterocycles. The SMILES string of the molecule is CC[C@@](O)(CC(=O)N1C(=O)O[C@@H](c2ccccc2)[C@H]1c1ccccc1)c1ccnc(OC)c1CO[Si](c1ccccc1)(c1ccccc1)C(C)(C)C. The van der Waals surface area contributed by atoms with Crippen LogP contribution in [0.4, 0.5) is 4.79 Å². The molecule has 6 rings (SSSR count). The average molecular weight is 715 g/mol. The molecule has 0 radical (unpaired) electrons. The summed E-state index contributed by atoms with van der Waals surface area (Å²) in [6.45, 7) is 8.47. The lowest BCUT2D eigenvalue weighted by Crippen LogP contribution is -2.66. The van der Waals surface area contributed by atoms with E-state index in [0.29, 0.717) is 17.0 Å². The Morgan fingerprint density at radius 2 is 1.35 bits per heavy atom. The van der Waals surface area contributed by atoms with Gasteiger partial charge < -0.3 is 19.0 Å². The third-order valence-corrected chi connectivity index (χ3v) is 15.1. The first-order chi connectivity index (χ1) is 25.0. The molecule has 0 spiro atoms. The fourth-order valence-corrected chi connectivity index (χ4v) is 12.0. The van der Waals surface area contributed by atoms with Crippen molar-refractivity contribution in [3.05, 3.63) is 156 Å². The summed E-state index contributed by atoms with van der Waals surface area (Å²) in [6, 6.07) is 40.3. The molecule has 5 aromatic rings. The van der Waals surface area contributed by atoms with Gasteiger partial charge in [-0.25, -0.2) is 14.7 Å². The Kier molecular flexibility index (Phi) is 10.8. The highest BCUT2D eigenvalue weighted by Crippen LogP contribution is 2.45. The van der Waals surface area contributed by atoms with Crippen molar-refractivity contribution in [2.45, 2.75) is 69.9 Å². The Labute approximate surface area is 307 Å². The number of aliphatic hydroxyl groups is 1. The zero-order chi connectivity index (χ0) is 36.9. The molecule has 3 atom stereocenters. The number of imide groups is 1. The molecular weight excluding hydrogens is 669 g/mol. The van der Waals surface area contributed by atoms with E-state index in [1.54, 1.807) is 12.3 Å². The Morgan fingerprint density at radius 3 is 1.85 bits per heavy atom. The standard InChI is InChI=1S/C43H46N2O6Si/c1-6-43(48,29-37(46)45-38(31-19-11-7-12-20-31)39(51-41(45)47)32-21-13-8-14-22-32)36-27-28-44-40(49-5)35(36)30-50-52(42(2,3)4,33-23-15-9-16-24-33)34-25-17-10-18-26-34/h7-28,38-39,48H,6,29-30H2,1-5H3/t38-,39+,43-/m1/s1. The highest BCUT2D eigenvalue weighted by atomic mass is 28.4. The number of methoxy groups -OCH3 is 1. The third kappa shape index (κ3) is 6.91. The number of rotatable bonds is 12. The van der Waals surface area contributed by atoms with Crippen molar-refractivity contribution in [3.8, 4) is 5.88 Å². The van der Waals surface area contributed by atoms with Gasteiger partial charge in [0.25, 0.3) is 8.32 Å². The lowest BCUT2D eigenvalue weighted by atomic mass is 9.84. The van der Waals surface area contributed by atoms with E-state index in [1.807, 2.05) is 104 Å². The smallest absolute Gasteiger partial charge is 0.417 e. The van der Waals surface area contributed by atoms with Gasteiger partial charge >= 0.3 is 6.09 Å². The number of pyridine rings is 1. The first kappa shape index (κ1) is 36.7. The topological polar surface area (TPSA) is 98.2 Å². The van der Waals surface area contributed by atoms with Crippen LogP contribution in [0.1, 0.15) is 74.9 Å². The summed E-state index contributed by atoms with van der Waals surface area (Å²) in [6.07, 6.45) is -0.129. The third-order valence-electron chi connectivity index (χ3n) is 10.1. The number of cyclic esters (lactones) is 1. The Hall–Kier alpha value is -5.09. The molecule has 1 saturated heterocycles. The lowest BCUT2D eigenvalue weighted by molar-refractivity contribution is -0.135. The van der Waals surface area contributed by atoms with Crippen LogP contribution in [-0.2, 0) is 26.2 Å². The first-order valence-electron chi connectivity index (χ1n) is 17.7. The minimum Gasteiger partial charge on any atom is -0.481 e. The molecule has 0 bridgehead atoms. The molecule has 4 aromatic carbocycles. The molecule has 0 saturated carbocycles. The molecule has 1 aliphatic heterocycles. The average Bonchev–Trinajstić information content (AvgIpc) is 3.53. The molecule has 1 N–H and O–H groups in total. The maximum absolute atomic E-state index is 14.4. The second-order valence-corrected chi connectivity index (χ2v) is 18.5. The summed E-state index contributed by atoms with van der Waals surface area (Å²) in [7, 11) is -1.48. The molecule has 2 amide bonds. The van der Waals surface area contributed by atoms with E-state index in [2.05, 4.69) is 50.0 Å². The van der Waals surface area contributed by atoms with E-state index < -0.39 is 38.1 Å². The van der Waals surface area contributed by atoms with Gasteiger partial charge in [0.2, 0.25) is 11.8 Å². The van der Waals surface area contributed by atoms with Crippen molar-refractivity contribution < 1.29 is 28.6 Å². The monoisotopic (exact) mass is 714 g/mol. The summed E-state index contributed by atoms with van der Waals surface area (Å²) in [5.41, 5.74) is 0.814. The summed E-state index contributed by atoms with van der Waals surface area (Å²) >= 11 is 0. The molecule has 1 aromatic heterocycles. The predicted octanol–water partition coefficient (Wildman–Crippen LogP) is 7.62. The number of ether oxygens (including phenoxy) is 2. The van der Waals surface area contributed by atoms with Gasteiger partial charge in [-0.15, -0.1) is 0 Å². The van der Waals surface area contributed by atoms with Crippen LogP contribution in [-0.4, -0.2) is 42.4 Å². The zero-order valence-corrected chi connectivity index (χ0v) is 31.4. The predicted molar refractivity (Wildman–Crippen MR) is 204 cm³/mol. The van der Waals surface area contributed by atoms with Gasteiger partial charge in [-0.2, -0.15) is 0 Å².